The molecule has 2 N–H and O–H groups in total. The maximum Gasteiger partial charge on any atom is 0.172 e. The van der Waals surface area contributed by atoms with E-state index in [4.69, 9.17) is 15.0 Å². The lowest BCUT2D eigenvalue weighted by atomic mass is 10.1. The van der Waals surface area contributed by atoms with Gasteiger partial charge >= 0.3 is 0 Å². The molecule has 2 aromatic rings. The molecule has 0 saturated heterocycles. The van der Waals surface area contributed by atoms with E-state index in [-0.39, 0.29) is 5.75 Å². The lowest BCUT2D eigenvalue weighted by Crippen LogP contribution is -1.92. The van der Waals surface area contributed by atoms with Crippen LogP contribution in [-0.2, 0) is 6.42 Å². The molecular formula is C12H13FN2O2. The highest BCUT2D eigenvalue weighted by Gasteiger charge is 2.15. The highest BCUT2D eigenvalue weighted by molar-refractivity contribution is 5.66. The molecule has 1 aromatic heterocycles. The zero-order chi connectivity index (χ0) is 12.4. The van der Waals surface area contributed by atoms with Gasteiger partial charge in [0.25, 0.3) is 0 Å². The fourth-order valence-electron chi connectivity index (χ4n) is 1.70. The van der Waals surface area contributed by atoms with E-state index in [1.165, 1.54) is 13.2 Å². The third kappa shape index (κ3) is 1.95. The largest absolute Gasteiger partial charge is 0.494 e. The summed E-state index contributed by atoms with van der Waals surface area (Å²) in [6.07, 6.45) is 0.679. The van der Waals surface area contributed by atoms with Gasteiger partial charge < -0.3 is 15.0 Å². The highest BCUT2D eigenvalue weighted by atomic mass is 19.1. The van der Waals surface area contributed by atoms with Crippen molar-refractivity contribution in [2.45, 2.75) is 13.3 Å². The normalized spacial score (nSPS) is 10.5. The number of nitrogen functional groups attached to an aromatic ring is 1. The Balaban J connectivity index is 2.49. The van der Waals surface area contributed by atoms with Crippen molar-refractivity contribution in [2.24, 2.45) is 0 Å². The van der Waals surface area contributed by atoms with Crippen LogP contribution in [0.2, 0.25) is 0 Å². The first kappa shape index (κ1) is 11.4. The molecule has 1 aromatic carbocycles. The van der Waals surface area contributed by atoms with Crippen LogP contribution in [0.1, 0.15) is 12.5 Å². The van der Waals surface area contributed by atoms with E-state index in [0.717, 1.165) is 5.56 Å². The van der Waals surface area contributed by atoms with Gasteiger partial charge in [-0.15, -0.1) is 0 Å². The number of hydrogen-bond acceptors (Lipinski definition) is 4. The molecule has 4 nitrogen and oxygen atoms in total. The molecule has 0 bridgehead atoms. The smallest absolute Gasteiger partial charge is 0.172 e. The fraction of sp³-hybridized carbons (Fsp3) is 0.250. The van der Waals surface area contributed by atoms with Crippen LogP contribution in [0, 0.1) is 5.82 Å². The Kier molecular flexibility index (Phi) is 2.99. The number of halogens is 1. The lowest BCUT2D eigenvalue weighted by molar-refractivity contribution is 0.386. The Morgan fingerprint density at radius 1 is 1.47 bits per heavy atom. The quantitative estimate of drug-likeness (QED) is 0.889. The molecule has 1 heterocycles. The summed E-state index contributed by atoms with van der Waals surface area (Å²) in [6.45, 7) is 1.94. The van der Waals surface area contributed by atoms with Gasteiger partial charge in [0.1, 0.15) is 0 Å². The molecule has 0 aliphatic carbocycles. The minimum Gasteiger partial charge on any atom is -0.494 e. The van der Waals surface area contributed by atoms with Crippen molar-refractivity contribution >= 4 is 5.82 Å². The van der Waals surface area contributed by atoms with E-state index in [1.54, 1.807) is 12.1 Å². The van der Waals surface area contributed by atoms with Gasteiger partial charge in [0.2, 0.25) is 0 Å². The van der Waals surface area contributed by atoms with Gasteiger partial charge in [0, 0.05) is 11.1 Å². The number of nitrogens with zero attached hydrogens (tertiary/aromatic N) is 1. The van der Waals surface area contributed by atoms with E-state index in [9.17, 15) is 4.39 Å². The number of nitrogens with two attached hydrogens (primary N) is 1. The summed E-state index contributed by atoms with van der Waals surface area (Å²) < 4.78 is 23.5. The third-order valence-electron chi connectivity index (χ3n) is 2.59. The SMILES string of the molecule is CCc1c(N)noc1-c1ccc(OC)c(F)c1. The second kappa shape index (κ2) is 4.45. The Morgan fingerprint density at radius 3 is 2.82 bits per heavy atom. The van der Waals surface area contributed by atoms with Crippen molar-refractivity contribution in [2.75, 3.05) is 12.8 Å². The molecule has 0 amide bonds. The summed E-state index contributed by atoms with van der Waals surface area (Å²) in [5.41, 5.74) is 7.05. The van der Waals surface area contributed by atoms with E-state index in [2.05, 4.69) is 5.16 Å². The number of benzene rings is 1. The maximum absolute atomic E-state index is 13.6. The van der Waals surface area contributed by atoms with Crippen LogP contribution >= 0.6 is 0 Å². The number of hydrogen-bond donors (Lipinski definition) is 1. The van der Waals surface area contributed by atoms with E-state index < -0.39 is 5.82 Å². The molecule has 0 aliphatic heterocycles. The molecule has 0 saturated carbocycles. The van der Waals surface area contributed by atoms with Crippen LogP contribution in [0.15, 0.2) is 22.7 Å². The molecule has 0 unspecified atom stereocenters. The van der Waals surface area contributed by atoms with Gasteiger partial charge in [-0.2, -0.15) is 0 Å². The van der Waals surface area contributed by atoms with Gasteiger partial charge in [-0.1, -0.05) is 12.1 Å². The Labute approximate surface area is 98.2 Å². The van der Waals surface area contributed by atoms with Crippen LogP contribution in [0.25, 0.3) is 11.3 Å². The number of ether oxygens (including phenoxy) is 1. The molecule has 0 aliphatic rings. The third-order valence-corrected chi connectivity index (χ3v) is 2.59. The van der Waals surface area contributed by atoms with E-state index in [0.29, 0.717) is 23.6 Å². The van der Waals surface area contributed by atoms with E-state index >= 15 is 0 Å². The predicted molar refractivity (Wildman–Crippen MR) is 62.2 cm³/mol. The molecule has 17 heavy (non-hydrogen) atoms. The average Bonchev–Trinajstić information content (AvgIpc) is 2.70. The molecule has 2 rings (SSSR count). The number of anilines is 1. The monoisotopic (exact) mass is 236 g/mol. The van der Waals surface area contributed by atoms with Gasteiger partial charge in [-0.3, -0.25) is 0 Å². The zero-order valence-electron chi connectivity index (χ0n) is 9.66. The number of aromatic nitrogens is 1. The maximum atomic E-state index is 13.6. The van der Waals surface area contributed by atoms with Gasteiger partial charge in [-0.05, 0) is 24.6 Å². The average molecular weight is 236 g/mol. The van der Waals surface area contributed by atoms with Crippen LogP contribution in [0.4, 0.5) is 10.2 Å². The van der Waals surface area contributed by atoms with Crippen LogP contribution in [-0.4, -0.2) is 12.3 Å². The second-order valence-corrected chi connectivity index (χ2v) is 3.58. The number of methoxy groups -OCH3 is 1. The van der Waals surface area contributed by atoms with E-state index in [1.807, 2.05) is 6.92 Å². The molecule has 5 heteroatoms. The minimum atomic E-state index is -0.443. The standard InChI is InChI=1S/C12H13FN2O2/c1-3-8-11(17-15-12(8)14)7-4-5-10(16-2)9(13)6-7/h4-6H,3H2,1-2H3,(H2,14,15). The van der Waals surface area contributed by atoms with Gasteiger partial charge in [0.05, 0.1) is 7.11 Å². The first-order valence-electron chi connectivity index (χ1n) is 5.25. The van der Waals surface area contributed by atoms with Crippen LogP contribution < -0.4 is 10.5 Å². The van der Waals surface area contributed by atoms with Crippen molar-refractivity contribution in [1.29, 1.82) is 0 Å². The lowest BCUT2D eigenvalue weighted by Gasteiger charge is -2.04. The summed E-state index contributed by atoms with van der Waals surface area (Å²) in [5, 5.41) is 3.69. The summed E-state index contributed by atoms with van der Waals surface area (Å²) in [5.74, 6) is 0.603. The highest BCUT2D eigenvalue weighted by Crippen LogP contribution is 2.30. The summed E-state index contributed by atoms with van der Waals surface area (Å²) >= 11 is 0. The van der Waals surface area contributed by atoms with Crippen molar-refractivity contribution in [3.05, 3.63) is 29.6 Å². The molecule has 0 fully saturated rings. The molecule has 0 radical (unpaired) electrons. The molecule has 90 valence electrons. The molecule has 0 spiro atoms. The Morgan fingerprint density at radius 2 is 2.24 bits per heavy atom. The topological polar surface area (TPSA) is 61.3 Å². The predicted octanol–water partition coefficient (Wildman–Crippen LogP) is 2.63. The summed E-state index contributed by atoms with van der Waals surface area (Å²) in [6, 6.07) is 4.60. The molecule has 0 atom stereocenters. The molecular weight excluding hydrogens is 223 g/mol. The van der Waals surface area contributed by atoms with Crippen LogP contribution in [0.5, 0.6) is 5.75 Å². The fourth-order valence-corrected chi connectivity index (χ4v) is 1.70. The van der Waals surface area contributed by atoms with Crippen molar-refractivity contribution in [3.8, 4) is 17.1 Å². The first-order valence-corrected chi connectivity index (χ1v) is 5.25. The van der Waals surface area contributed by atoms with Gasteiger partial charge in [0.15, 0.2) is 23.1 Å². The minimum absolute atomic E-state index is 0.194. The van der Waals surface area contributed by atoms with Crippen molar-refractivity contribution in [1.82, 2.24) is 5.16 Å². The van der Waals surface area contributed by atoms with Gasteiger partial charge in [-0.25, -0.2) is 4.39 Å². The first-order chi connectivity index (χ1) is 8.17. The second-order valence-electron chi connectivity index (χ2n) is 3.58. The Hall–Kier alpha value is -2.04. The van der Waals surface area contributed by atoms with Crippen molar-refractivity contribution < 1.29 is 13.7 Å². The Bertz CT molecular complexity index is 537. The summed E-state index contributed by atoms with van der Waals surface area (Å²) in [4.78, 5) is 0. The number of rotatable bonds is 3. The summed E-state index contributed by atoms with van der Waals surface area (Å²) in [7, 11) is 1.42. The van der Waals surface area contributed by atoms with Crippen LogP contribution in [0.3, 0.4) is 0 Å². The zero-order valence-corrected chi connectivity index (χ0v) is 9.66. The van der Waals surface area contributed by atoms with Crippen molar-refractivity contribution in [3.63, 3.8) is 0 Å².